The normalized spacial score (nSPS) is 18.5. The monoisotopic (exact) mass is 392 g/mol. The molecule has 0 radical (unpaired) electrons. The van der Waals surface area contributed by atoms with Crippen LogP contribution in [0.3, 0.4) is 0 Å². The van der Waals surface area contributed by atoms with Gasteiger partial charge in [0.1, 0.15) is 11.5 Å². The molecule has 0 fully saturated rings. The lowest BCUT2D eigenvalue weighted by atomic mass is 10.0. The molecule has 3 rings (SSSR count). The van der Waals surface area contributed by atoms with Crippen molar-refractivity contribution in [2.75, 3.05) is 0 Å². The van der Waals surface area contributed by atoms with Crippen molar-refractivity contribution in [1.29, 1.82) is 0 Å². The minimum Gasteiger partial charge on any atom is -0.469 e. The van der Waals surface area contributed by atoms with E-state index in [0.29, 0.717) is 11.8 Å². The second-order valence-corrected chi connectivity index (χ2v) is 6.11. The van der Waals surface area contributed by atoms with Gasteiger partial charge < -0.3 is 15.2 Å². The second-order valence-electron chi connectivity index (χ2n) is 6.11. The Morgan fingerprint density at radius 3 is 2.29 bits per heavy atom. The van der Waals surface area contributed by atoms with Crippen molar-refractivity contribution in [2.24, 2.45) is 11.5 Å². The molecule has 2 aromatic carbocycles. The Morgan fingerprint density at radius 1 is 1.04 bits per heavy atom. The second kappa shape index (κ2) is 7.40. The van der Waals surface area contributed by atoms with Gasteiger partial charge in [-0.15, -0.1) is 0 Å². The molecular formula is C20H16F4N2O2. The molecule has 2 aromatic rings. The van der Waals surface area contributed by atoms with E-state index < -0.39 is 40.3 Å². The predicted molar refractivity (Wildman–Crippen MR) is 96.5 cm³/mol. The topological polar surface area (TPSA) is 70.5 Å². The van der Waals surface area contributed by atoms with Gasteiger partial charge in [-0.1, -0.05) is 24.8 Å². The molecule has 0 aromatic heterocycles. The summed E-state index contributed by atoms with van der Waals surface area (Å²) in [5.41, 5.74) is 10.2. The number of nitrogens with two attached hydrogens (primary N) is 2. The van der Waals surface area contributed by atoms with Crippen LogP contribution in [0.4, 0.5) is 17.6 Å². The first-order valence-electron chi connectivity index (χ1n) is 8.12. The number of hydrogen-bond acceptors (Lipinski definition) is 4. The van der Waals surface area contributed by atoms with Crippen LogP contribution in [0.15, 0.2) is 54.8 Å². The number of benzene rings is 2. The van der Waals surface area contributed by atoms with E-state index in [-0.39, 0.29) is 17.9 Å². The molecule has 0 heterocycles. The molecule has 1 atom stereocenters. The van der Waals surface area contributed by atoms with Gasteiger partial charge in [0.25, 0.3) is 0 Å². The highest BCUT2D eigenvalue weighted by atomic mass is 19.2. The Labute approximate surface area is 158 Å². The molecule has 146 valence electrons. The van der Waals surface area contributed by atoms with E-state index in [0.717, 1.165) is 0 Å². The third kappa shape index (κ3) is 3.72. The van der Waals surface area contributed by atoms with Gasteiger partial charge in [0.15, 0.2) is 17.4 Å². The van der Waals surface area contributed by atoms with Gasteiger partial charge in [-0.25, -0.2) is 8.78 Å². The first-order valence-corrected chi connectivity index (χ1v) is 8.12. The zero-order valence-electron chi connectivity index (χ0n) is 14.5. The molecule has 4 N–H and O–H groups in total. The van der Waals surface area contributed by atoms with Gasteiger partial charge in [-0.2, -0.15) is 8.78 Å². The molecule has 0 saturated heterocycles. The highest BCUT2D eigenvalue weighted by molar-refractivity contribution is 5.52. The minimum atomic E-state index is -1.68. The van der Waals surface area contributed by atoms with Gasteiger partial charge in [-0.3, -0.25) is 5.73 Å². The molecule has 28 heavy (non-hydrogen) atoms. The van der Waals surface area contributed by atoms with Crippen LogP contribution < -0.4 is 20.9 Å². The molecule has 0 amide bonds. The lowest BCUT2D eigenvalue weighted by Gasteiger charge is -2.29. The van der Waals surface area contributed by atoms with E-state index in [1.807, 2.05) is 0 Å². The number of halogens is 4. The maximum absolute atomic E-state index is 14.1. The molecule has 8 heteroatoms. The van der Waals surface area contributed by atoms with Crippen LogP contribution in [-0.4, -0.2) is 5.72 Å². The lowest BCUT2D eigenvalue weighted by molar-refractivity contribution is 0.125. The molecule has 4 nitrogen and oxygen atoms in total. The largest absolute Gasteiger partial charge is 0.469 e. The summed E-state index contributed by atoms with van der Waals surface area (Å²) in [6, 6.07) is 5.59. The number of ether oxygens (including phenoxy) is 2. The van der Waals surface area contributed by atoms with Crippen LogP contribution in [0.1, 0.15) is 12.0 Å². The molecule has 0 spiro atoms. The van der Waals surface area contributed by atoms with Crippen LogP contribution in [0, 0.1) is 23.3 Å². The molecular weight excluding hydrogens is 376 g/mol. The third-order valence-electron chi connectivity index (χ3n) is 3.96. The smallest absolute Gasteiger partial charge is 0.205 e. The third-order valence-corrected chi connectivity index (χ3v) is 3.96. The van der Waals surface area contributed by atoms with Gasteiger partial charge >= 0.3 is 0 Å². The summed E-state index contributed by atoms with van der Waals surface area (Å²) in [5.74, 6) is -7.70. The van der Waals surface area contributed by atoms with E-state index >= 15 is 0 Å². The van der Waals surface area contributed by atoms with Crippen molar-refractivity contribution in [3.05, 3.63) is 83.6 Å². The van der Waals surface area contributed by atoms with Crippen LogP contribution in [0.25, 0.3) is 6.08 Å². The van der Waals surface area contributed by atoms with E-state index in [2.05, 4.69) is 6.58 Å². The number of rotatable bonds is 5. The summed E-state index contributed by atoms with van der Waals surface area (Å²) < 4.78 is 66.7. The summed E-state index contributed by atoms with van der Waals surface area (Å²) in [6.07, 6.45) is 5.80. The fourth-order valence-electron chi connectivity index (χ4n) is 2.68. The Bertz CT molecular complexity index is 975. The van der Waals surface area contributed by atoms with Crippen molar-refractivity contribution in [1.82, 2.24) is 0 Å². The van der Waals surface area contributed by atoms with Crippen molar-refractivity contribution in [2.45, 2.75) is 12.1 Å². The molecule has 0 saturated carbocycles. The zero-order valence-corrected chi connectivity index (χ0v) is 14.5. The van der Waals surface area contributed by atoms with E-state index in [4.69, 9.17) is 20.9 Å². The van der Waals surface area contributed by atoms with Crippen LogP contribution in [0.5, 0.6) is 17.2 Å². The molecule has 1 aliphatic rings. The van der Waals surface area contributed by atoms with Crippen LogP contribution in [-0.2, 0) is 0 Å². The molecule has 0 bridgehead atoms. The number of hydrogen-bond donors (Lipinski definition) is 2. The summed E-state index contributed by atoms with van der Waals surface area (Å²) in [6.45, 7) is 3.13. The Kier molecular flexibility index (Phi) is 5.15. The minimum absolute atomic E-state index is 0.118. The van der Waals surface area contributed by atoms with Gasteiger partial charge in [0.2, 0.25) is 17.4 Å². The van der Waals surface area contributed by atoms with E-state index in [1.54, 1.807) is 18.2 Å². The Morgan fingerprint density at radius 2 is 1.68 bits per heavy atom. The van der Waals surface area contributed by atoms with Gasteiger partial charge in [0, 0.05) is 18.2 Å². The highest BCUT2D eigenvalue weighted by Gasteiger charge is 2.28. The van der Waals surface area contributed by atoms with Crippen LogP contribution >= 0.6 is 0 Å². The maximum atomic E-state index is 14.1. The number of allylic oxidation sites excluding steroid dienone is 2. The van der Waals surface area contributed by atoms with Crippen molar-refractivity contribution < 1.29 is 27.0 Å². The molecule has 1 unspecified atom stereocenters. The average Bonchev–Trinajstić information content (AvgIpc) is 2.64. The van der Waals surface area contributed by atoms with Gasteiger partial charge in [-0.05, 0) is 24.3 Å². The Balaban J connectivity index is 1.89. The fraction of sp³-hybridized carbons (Fsp3) is 0.100. The average molecular weight is 392 g/mol. The van der Waals surface area contributed by atoms with Crippen LogP contribution in [0.2, 0.25) is 0 Å². The summed E-state index contributed by atoms with van der Waals surface area (Å²) >= 11 is 0. The molecule has 1 aliphatic carbocycles. The lowest BCUT2D eigenvalue weighted by Crippen LogP contribution is -2.45. The highest BCUT2D eigenvalue weighted by Crippen LogP contribution is 2.35. The van der Waals surface area contributed by atoms with Crippen molar-refractivity contribution >= 4 is 6.08 Å². The first-order chi connectivity index (χ1) is 13.2. The van der Waals surface area contributed by atoms with E-state index in [1.165, 1.54) is 24.3 Å². The van der Waals surface area contributed by atoms with Gasteiger partial charge in [0.05, 0.1) is 5.56 Å². The maximum Gasteiger partial charge on any atom is 0.205 e. The quantitative estimate of drug-likeness (QED) is 0.446. The van der Waals surface area contributed by atoms with E-state index in [9.17, 15) is 17.6 Å². The zero-order chi connectivity index (χ0) is 20.5. The first kappa shape index (κ1) is 19.5. The summed E-state index contributed by atoms with van der Waals surface area (Å²) in [5, 5.41) is 0. The van der Waals surface area contributed by atoms with Crippen molar-refractivity contribution in [3.63, 3.8) is 0 Å². The summed E-state index contributed by atoms with van der Waals surface area (Å²) in [4.78, 5) is 0. The SMILES string of the molecule is C=Cc1c(F)c(F)c(Oc2cccc(OC3(N)C=CC=C(N)C3)c2)c(F)c1F. The Hall–Kier alpha value is -3.26. The standard InChI is InChI=1S/C20H16F4N2O2/c1-2-14-15(21)17(23)19(18(24)16(14)22)27-12-6-3-7-13(9-12)28-20(26)8-4-5-11(25)10-20/h2-9H,1,10,25-26H2. The summed E-state index contributed by atoms with van der Waals surface area (Å²) in [7, 11) is 0. The predicted octanol–water partition coefficient (Wildman–Crippen LogP) is 4.51. The fourth-order valence-corrected chi connectivity index (χ4v) is 2.68. The van der Waals surface area contributed by atoms with Crippen molar-refractivity contribution in [3.8, 4) is 17.2 Å². The molecule has 0 aliphatic heterocycles.